The fourth-order valence-corrected chi connectivity index (χ4v) is 4.90. The van der Waals surface area contributed by atoms with Crippen LogP contribution in [-0.4, -0.2) is 42.9 Å². The minimum Gasteiger partial charge on any atom is -0.397 e. The van der Waals surface area contributed by atoms with Crippen LogP contribution < -0.4 is 0 Å². The minimum absolute atomic E-state index is 0.358. The van der Waals surface area contributed by atoms with Crippen molar-refractivity contribution in [2.75, 3.05) is 33.6 Å². The fraction of sp³-hybridized carbons (Fsp3) is 1.00. The highest BCUT2D eigenvalue weighted by Gasteiger charge is 2.24. The lowest BCUT2D eigenvalue weighted by atomic mass is 10.9. The van der Waals surface area contributed by atoms with Crippen molar-refractivity contribution in [2.24, 2.45) is 0 Å². The Kier molecular flexibility index (Phi) is 8.60. The Balaban J connectivity index is 4.01. The Labute approximate surface area is 93.4 Å². The van der Waals surface area contributed by atoms with Crippen LogP contribution in [0.5, 0.6) is 0 Å². The van der Waals surface area contributed by atoms with E-state index < -0.39 is 16.9 Å². The van der Waals surface area contributed by atoms with Gasteiger partial charge in [0.05, 0.1) is 6.16 Å². The van der Waals surface area contributed by atoms with Crippen LogP contribution in [0.2, 0.25) is 6.04 Å². The summed E-state index contributed by atoms with van der Waals surface area (Å²) in [6.07, 6.45) is 0.358. The van der Waals surface area contributed by atoms with Crippen molar-refractivity contribution in [1.29, 1.82) is 0 Å². The first kappa shape index (κ1) is 15.3. The largest absolute Gasteiger partial charge is 0.397 e. The second kappa shape index (κ2) is 8.44. The topological polar surface area (TPSA) is 54.0 Å². The highest BCUT2D eigenvalue weighted by Crippen LogP contribution is 2.47. The highest BCUT2D eigenvalue weighted by atomic mass is 31.2. The van der Waals surface area contributed by atoms with E-state index in [1.807, 2.05) is 13.8 Å². The first-order valence-electron chi connectivity index (χ1n) is 5.05. The molecular formula is C8H21O5PSi. The van der Waals surface area contributed by atoms with Crippen LogP contribution in [-0.2, 0) is 22.5 Å². The average Bonchev–Trinajstić information content (AvgIpc) is 2.26. The summed E-state index contributed by atoms with van der Waals surface area (Å²) in [5.41, 5.74) is 0. The van der Waals surface area contributed by atoms with E-state index in [2.05, 4.69) is 0 Å². The molecule has 0 aliphatic rings. The molecule has 5 nitrogen and oxygen atoms in total. The first-order chi connectivity index (χ1) is 7.11. The van der Waals surface area contributed by atoms with Crippen LogP contribution in [0.4, 0.5) is 0 Å². The molecule has 0 bridgehead atoms. The van der Waals surface area contributed by atoms with Gasteiger partial charge in [0.1, 0.15) is 0 Å². The molecule has 0 amide bonds. The molecule has 0 fully saturated rings. The molecule has 0 atom stereocenters. The molecule has 0 rings (SSSR count). The molecule has 15 heavy (non-hydrogen) atoms. The van der Waals surface area contributed by atoms with E-state index in [-0.39, 0.29) is 0 Å². The Morgan fingerprint density at radius 2 is 1.53 bits per heavy atom. The third kappa shape index (κ3) is 6.45. The molecule has 0 aromatic carbocycles. The van der Waals surface area contributed by atoms with E-state index in [0.717, 1.165) is 0 Å². The van der Waals surface area contributed by atoms with Gasteiger partial charge in [-0.05, 0) is 19.9 Å². The lowest BCUT2D eigenvalue weighted by Gasteiger charge is -2.17. The number of hydrogen-bond acceptors (Lipinski definition) is 5. The number of hydrogen-bond donors (Lipinski definition) is 0. The lowest BCUT2D eigenvalue weighted by molar-refractivity contribution is 0.213. The summed E-state index contributed by atoms with van der Waals surface area (Å²) in [5.74, 6) is 0. The molecule has 0 radical (unpaired) electrons. The van der Waals surface area contributed by atoms with Gasteiger partial charge in [-0.15, -0.1) is 0 Å². The van der Waals surface area contributed by atoms with Crippen molar-refractivity contribution >= 4 is 16.9 Å². The van der Waals surface area contributed by atoms with Gasteiger partial charge in [-0.1, -0.05) is 0 Å². The molecule has 0 saturated carbocycles. The van der Waals surface area contributed by atoms with E-state index in [4.69, 9.17) is 17.9 Å². The van der Waals surface area contributed by atoms with Gasteiger partial charge in [-0.25, -0.2) is 0 Å². The quantitative estimate of drug-likeness (QED) is 0.465. The molecule has 0 aromatic rings. The van der Waals surface area contributed by atoms with Gasteiger partial charge in [-0.3, -0.25) is 4.57 Å². The molecule has 0 spiro atoms. The van der Waals surface area contributed by atoms with Gasteiger partial charge in [-0.2, -0.15) is 0 Å². The summed E-state index contributed by atoms with van der Waals surface area (Å²) in [7, 11) is -1.82. The molecule has 0 aliphatic heterocycles. The molecule has 0 aromatic heterocycles. The minimum atomic E-state index is -2.91. The summed E-state index contributed by atoms with van der Waals surface area (Å²) < 4.78 is 32.3. The zero-order valence-electron chi connectivity index (χ0n) is 9.89. The van der Waals surface area contributed by atoms with Crippen molar-refractivity contribution in [3.63, 3.8) is 0 Å². The Hall–Kier alpha value is 0.287. The van der Waals surface area contributed by atoms with Crippen molar-refractivity contribution in [3.8, 4) is 0 Å². The third-order valence-electron chi connectivity index (χ3n) is 1.90. The molecule has 7 heteroatoms. The smallest absolute Gasteiger partial charge is 0.330 e. The second-order valence-corrected chi connectivity index (χ2v) is 7.33. The maximum atomic E-state index is 11.7. The Bertz CT molecular complexity index is 187. The molecule has 92 valence electrons. The summed E-state index contributed by atoms with van der Waals surface area (Å²) in [5, 5.41) is 0. The van der Waals surface area contributed by atoms with E-state index in [1.165, 1.54) is 14.2 Å². The van der Waals surface area contributed by atoms with E-state index in [0.29, 0.717) is 25.4 Å². The van der Waals surface area contributed by atoms with Gasteiger partial charge in [0.15, 0.2) is 0 Å². The van der Waals surface area contributed by atoms with Gasteiger partial charge < -0.3 is 17.9 Å². The highest BCUT2D eigenvalue weighted by molar-refractivity contribution is 7.53. The van der Waals surface area contributed by atoms with E-state index in [9.17, 15) is 4.57 Å². The zero-order valence-corrected chi connectivity index (χ0v) is 11.9. The molecule has 0 saturated heterocycles. The van der Waals surface area contributed by atoms with Crippen LogP contribution >= 0.6 is 7.60 Å². The summed E-state index contributed by atoms with van der Waals surface area (Å²) in [6, 6.07) is 0.640. The van der Waals surface area contributed by atoms with Gasteiger partial charge in [0, 0.05) is 27.4 Å². The van der Waals surface area contributed by atoms with Crippen LogP contribution in [0.1, 0.15) is 13.8 Å². The van der Waals surface area contributed by atoms with Crippen LogP contribution in [0, 0.1) is 0 Å². The van der Waals surface area contributed by atoms with Crippen molar-refractivity contribution in [2.45, 2.75) is 19.9 Å². The maximum absolute atomic E-state index is 11.7. The zero-order chi connectivity index (χ0) is 11.7. The summed E-state index contributed by atoms with van der Waals surface area (Å²) >= 11 is 0. The third-order valence-corrected chi connectivity index (χ3v) is 6.47. The van der Waals surface area contributed by atoms with E-state index >= 15 is 0 Å². The molecular weight excluding hydrogens is 235 g/mol. The Morgan fingerprint density at radius 3 is 1.87 bits per heavy atom. The summed E-state index contributed by atoms with van der Waals surface area (Å²) in [4.78, 5) is 0. The van der Waals surface area contributed by atoms with Crippen LogP contribution in [0.25, 0.3) is 0 Å². The van der Waals surface area contributed by atoms with Crippen molar-refractivity contribution in [3.05, 3.63) is 0 Å². The van der Waals surface area contributed by atoms with E-state index in [1.54, 1.807) is 0 Å². The fourth-order valence-electron chi connectivity index (χ4n) is 1.11. The van der Waals surface area contributed by atoms with Crippen LogP contribution in [0.15, 0.2) is 0 Å². The predicted octanol–water partition coefficient (Wildman–Crippen LogP) is 1.77. The van der Waals surface area contributed by atoms with Crippen molar-refractivity contribution in [1.82, 2.24) is 0 Å². The SMILES string of the molecule is CCO[SiH](CCP(=O)(OC)OC)OCC. The number of rotatable bonds is 9. The normalized spacial score (nSPS) is 12.3. The standard InChI is InChI=1S/C8H21O5PSi/c1-5-12-15(13-6-2)8-7-14(9,10-3)11-4/h15H,5-8H2,1-4H3. The van der Waals surface area contributed by atoms with Crippen LogP contribution in [0.3, 0.4) is 0 Å². The van der Waals surface area contributed by atoms with Gasteiger partial charge >= 0.3 is 16.9 Å². The average molecular weight is 256 g/mol. The maximum Gasteiger partial charge on any atom is 0.330 e. The van der Waals surface area contributed by atoms with Gasteiger partial charge in [0.2, 0.25) is 0 Å². The molecule has 0 aliphatic carbocycles. The Morgan fingerprint density at radius 1 is 1.07 bits per heavy atom. The van der Waals surface area contributed by atoms with Gasteiger partial charge in [0.25, 0.3) is 0 Å². The molecule has 0 heterocycles. The molecule has 0 unspecified atom stereocenters. The lowest BCUT2D eigenvalue weighted by Crippen LogP contribution is -2.24. The predicted molar refractivity (Wildman–Crippen MR) is 61.7 cm³/mol. The summed E-state index contributed by atoms with van der Waals surface area (Å²) in [6.45, 7) is 5.10. The monoisotopic (exact) mass is 256 g/mol. The second-order valence-electron chi connectivity index (χ2n) is 2.83. The van der Waals surface area contributed by atoms with Crippen molar-refractivity contribution < 1.29 is 22.5 Å². The molecule has 0 N–H and O–H groups in total. The first-order valence-corrected chi connectivity index (χ1v) is 8.54.